The van der Waals surface area contributed by atoms with E-state index in [9.17, 15) is 0 Å². The van der Waals surface area contributed by atoms with Crippen molar-refractivity contribution in [2.45, 2.75) is 19.8 Å². The number of hydrogen-bond donors (Lipinski definition) is 1. The topological polar surface area (TPSA) is 38.7 Å². The van der Waals surface area contributed by atoms with Crippen LogP contribution in [0, 0.1) is 0 Å². The number of hydrazone groups is 1. The summed E-state index contributed by atoms with van der Waals surface area (Å²) in [6, 6.07) is 8.71. The van der Waals surface area contributed by atoms with Gasteiger partial charge in [0.1, 0.15) is 6.20 Å². The van der Waals surface area contributed by atoms with Gasteiger partial charge >= 0.3 is 0 Å². The molecule has 1 aliphatic heterocycles. The van der Waals surface area contributed by atoms with Gasteiger partial charge in [-0.3, -0.25) is 5.01 Å². The molecule has 0 spiro atoms. The molecule has 0 atom stereocenters. The Bertz CT molecular complexity index is 529. The highest BCUT2D eigenvalue weighted by Crippen LogP contribution is 2.23. The number of nitrogens with zero attached hydrogens (tertiary/aromatic N) is 4. The Hall–Kier alpha value is -2.01. The van der Waals surface area contributed by atoms with E-state index in [0.717, 1.165) is 17.9 Å². The Morgan fingerprint density at radius 3 is 2.48 bits per heavy atom. The molecule has 1 saturated heterocycles. The molecule has 126 valence electrons. The van der Waals surface area contributed by atoms with Gasteiger partial charge in [-0.25, -0.2) is 0 Å². The van der Waals surface area contributed by atoms with Crippen molar-refractivity contribution in [3.8, 4) is 0 Å². The number of rotatable bonds is 7. The molecule has 0 aliphatic carbocycles. The molecule has 0 aromatic heterocycles. The first kappa shape index (κ1) is 17.3. The third-order valence-electron chi connectivity index (χ3n) is 4.03. The first-order valence-electron chi connectivity index (χ1n) is 8.39. The molecule has 5 nitrogen and oxygen atoms in total. The molecule has 1 aromatic rings. The summed E-state index contributed by atoms with van der Waals surface area (Å²) in [5, 5.41) is 8.65. The molecule has 23 heavy (non-hydrogen) atoms. The molecule has 0 unspecified atom stereocenters. The van der Waals surface area contributed by atoms with Crippen molar-refractivity contribution in [3.63, 3.8) is 0 Å². The van der Waals surface area contributed by atoms with Crippen LogP contribution >= 0.6 is 0 Å². The fourth-order valence-electron chi connectivity index (χ4n) is 2.85. The summed E-state index contributed by atoms with van der Waals surface area (Å²) < 4.78 is 0. The second kappa shape index (κ2) is 8.58. The van der Waals surface area contributed by atoms with Crippen molar-refractivity contribution >= 4 is 17.1 Å². The molecule has 2 rings (SSSR count). The van der Waals surface area contributed by atoms with E-state index in [-0.39, 0.29) is 0 Å². The molecular weight excluding hydrogens is 286 g/mol. The van der Waals surface area contributed by atoms with Crippen LogP contribution in [0.1, 0.15) is 19.8 Å². The zero-order valence-corrected chi connectivity index (χ0v) is 14.9. The Morgan fingerprint density at radius 2 is 1.87 bits per heavy atom. The zero-order valence-electron chi connectivity index (χ0n) is 14.9. The summed E-state index contributed by atoms with van der Waals surface area (Å²) in [6.45, 7) is 5.25. The molecule has 0 saturated carbocycles. The smallest absolute Gasteiger partial charge is 0.108 e. The van der Waals surface area contributed by atoms with Gasteiger partial charge in [0.25, 0.3) is 0 Å². The molecule has 1 aliphatic rings. The van der Waals surface area contributed by atoms with Crippen molar-refractivity contribution < 1.29 is 5.32 Å². The Kier molecular flexibility index (Phi) is 6.47. The predicted octanol–water partition coefficient (Wildman–Crippen LogP) is 1.70. The highest BCUT2D eigenvalue weighted by Gasteiger charge is 2.12. The highest BCUT2D eigenvalue weighted by atomic mass is 15.4. The lowest BCUT2D eigenvalue weighted by atomic mass is 10.2. The number of anilines is 2. The minimum absolute atomic E-state index is 0.820. The Labute approximate surface area is 140 Å². The fourth-order valence-corrected chi connectivity index (χ4v) is 2.85. The minimum Gasteiger partial charge on any atom is -0.372 e. The Morgan fingerprint density at radius 1 is 1.22 bits per heavy atom. The monoisotopic (exact) mass is 316 g/mol. The lowest BCUT2D eigenvalue weighted by Gasteiger charge is -2.20. The third-order valence-corrected chi connectivity index (χ3v) is 4.03. The SMILES string of the molecule is C[NH2+]/C=C\N(C)C/C(C)=N/N(C)c1ccc(N2CCCC2)cc1. The highest BCUT2D eigenvalue weighted by molar-refractivity contribution is 5.84. The van der Waals surface area contributed by atoms with E-state index >= 15 is 0 Å². The number of quaternary nitrogens is 1. The largest absolute Gasteiger partial charge is 0.372 e. The maximum atomic E-state index is 4.67. The van der Waals surface area contributed by atoms with Gasteiger partial charge in [0, 0.05) is 32.9 Å². The van der Waals surface area contributed by atoms with E-state index in [1.165, 1.54) is 31.6 Å². The zero-order chi connectivity index (χ0) is 16.7. The second-order valence-electron chi connectivity index (χ2n) is 6.16. The van der Waals surface area contributed by atoms with E-state index < -0.39 is 0 Å². The van der Waals surface area contributed by atoms with Crippen LogP contribution in [0.25, 0.3) is 0 Å². The maximum Gasteiger partial charge on any atom is 0.108 e. The van der Waals surface area contributed by atoms with E-state index in [4.69, 9.17) is 0 Å². The molecular formula is C18H30N5+. The molecule has 5 heteroatoms. The Balaban J connectivity index is 1.94. The van der Waals surface area contributed by atoms with Crippen LogP contribution < -0.4 is 15.2 Å². The molecule has 0 radical (unpaired) electrons. The van der Waals surface area contributed by atoms with Gasteiger partial charge in [-0.1, -0.05) is 0 Å². The van der Waals surface area contributed by atoms with Crippen LogP contribution in [0.5, 0.6) is 0 Å². The average Bonchev–Trinajstić information content (AvgIpc) is 3.07. The summed E-state index contributed by atoms with van der Waals surface area (Å²) in [6.07, 6.45) is 6.71. The van der Waals surface area contributed by atoms with Crippen molar-refractivity contribution in [2.24, 2.45) is 5.10 Å². The minimum atomic E-state index is 0.820. The molecule has 0 amide bonds. The standard InChI is InChI=1S/C18H29N5/c1-16(15-21(3)14-11-19-2)20-22(4)17-7-9-18(10-8-17)23-12-5-6-13-23/h7-11,14,19H,5-6,12-13,15H2,1-4H3/p+1/b14-11-,20-16+. The van der Waals surface area contributed by atoms with Crippen LogP contribution in [0.4, 0.5) is 11.4 Å². The van der Waals surface area contributed by atoms with Crippen LogP contribution in [0.2, 0.25) is 0 Å². The van der Waals surface area contributed by atoms with E-state index in [1.54, 1.807) is 0 Å². The predicted molar refractivity (Wildman–Crippen MR) is 99.0 cm³/mol. The lowest BCUT2D eigenvalue weighted by molar-refractivity contribution is -0.557. The van der Waals surface area contributed by atoms with Gasteiger partial charge in [-0.15, -0.1) is 0 Å². The summed E-state index contributed by atoms with van der Waals surface area (Å²) in [4.78, 5) is 4.58. The van der Waals surface area contributed by atoms with E-state index in [0.29, 0.717) is 0 Å². The lowest BCUT2D eigenvalue weighted by Crippen LogP contribution is -2.72. The van der Waals surface area contributed by atoms with Crippen LogP contribution in [-0.2, 0) is 0 Å². The van der Waals surface area contributed by atoms with Gasteiger partial charge in [-0.05, 0) is 44.0 Å². The van der Waals surface area contributed by atoms with Crippen molar-refractivity contribution in [2.75, 3.05) is 50.7 Å². The van der Waals surface area contributed by atoms with Gasteiger partial charge < -0.3 is 15.1 Å². The van der Waals surface area contributed by atoms with Gasteiger partial charge in [0.05, 0.1) is 31.2 Å². The van der Waals surface area contributed by atoms with E-state index in [2.05, 4.69) is 59.3 Å². The average molecular weight is 316 g/mol. The maximum absolute atomic E-state index is 4.67. The molecule has 0 bridgehead atoms. The first-order valence-corrected chi connectivity index (χ1v) is 8.39. The molecule has 2 N–H and O–H groups in total. The summed E-state index contributed by atoms with van der Waals surface area (Å²) in [5.74, 6) is 0. The van der Waals surface area contributed by atoms with Gasteiger partial charge in [-0.2, -0.15) is 5.10 Å². The number of benzene rings is 1. The first-order chi connectivity index (χ1) is 11.1. The van der Waals surface area contributed by atoms with Crippen LogP contribution in [0.15, 0.2) is 41.8 Å². The summed E-state index contributed by atoms with van der Waals surface area (Å²) in [5.41, 5.74) is 3.52. The quantitative estimate of drug-likeness (QED) is 0.615. The second-order valence-corrected chi connectivity index (χ2v) is 6.16. The summed E-state index contributed by atoms with van der Waals surface area (Å²) >= 11 is 0. The van der Waals surface area contributed by atoms with Crippen LogP contribution in [0.3, 0.4) is 0 Å². The van der Waals surface area contributed by atoms with Crippen molar-refractivity contribution in [1.29, 1.82) is 0 Å². The van der Waals surface area contributed by atoms with Gasteiger partial charge in [0.15, 0.2) is 0 Å². The van der Waals surface area contributed by atoms with Gasteiger partial charge in [0.2, 0.25) is 0 Å². The normalized spacial score (nSPS) is 15.5. The molecule has 1 heterocycles. The third kappa shape index (κ3) is 5.28. The fraction of sp³-hybridized carbons (Fsp3) is 0.500. The van der Waals surface area contributed by atoms with Crippen molar-refractivity contribution in [1.82, 2.24) is 4.90 Å². The summed E-state index contributed by atoms with van der Waals surface area (Å²) in [7, 11) is 6.08. The van der Waals surface area contributed by atoms with E-state index in [1.807, 2.05) is 30.6 Å². The van der Waals surface area contributed by atoms with Crippen LogP contribution in [-0.4, -0.2) is 51.4 Å². The number of nitrogens with two attached hydrogens (primary N) is 1. The molecule has 1 fully saturated rings. The van der Waals surface area contributed by atoms with Crippen molar-refractivity contribution in [3.05, 3.63) is 36.7 Å². The molecule has 1 aromatic carbocycles. The number of hydrogen-bond acceptors (Lipinski definition) is 4.